The van der Waals surface area contributed by atoms with Crippen molar-refractivity contribution in [2.75, 3.05) is 27.4 Å². The standard InChI is InChI=1S/C34H59NO10/c1-4-5-6-7-8-9-10-11-12-13-14-15-16-17-26(37)25(23-44-34-33(41)32(40)31(39)29(22-36)45-34)35-30(38)21-24-18-19-27(42-2)28(20-24)43-3/h18-20,25-26,29,31-34,36-37,39-41H,4-17,21-23H2,1-3H3,(H,35,38)/t25-,26+,29?,31?,32?,33?,34?/m0/s1. The van der Waals surface area contributed by atoms with E-state index in [2.05, 4.69) is 12.2 Å². The number of carbonyl (C=O) groups is 1. The number of ether oxygens (including phenoxy) is 4. The second kappa shape index (κ2) is 22.5. The molecule has 11 nitrogen and oxygen atoms in total. The van der Waals surface area contributed by atoms with Gasteiger partial charge in [-0.25, -0.2) is 0 Å². The Morgan fingerprint density at radius 1 is 0.844 bits per heavy atom. The van der Waals surface area contributed by atoms with Gasteiger partial charge >= 0.3 is 0 Å². The Morgan fingerprint density at radius 2 is 1.42 bits per heavy atom. The number of unbranched alkanes of at least 4 members (excludes halogenated alkanes) is 12. The molecule has 1 aromatic carbocycles. The fourth-order valence-corrected chi connectivity index (χ4v) is 5.66. The summed E-state index contributed by atoms with van der Waals surface area (Å²) in [7, 11) is 3.05. The lowest BCUT2D eigenvalue weighted by molar-refractivity contribution is -0.302. The molecule has 0 saturated carbocycles. The van der Waals surface area contributed by atoms with E-state index in [1.54, 1.807) is 18.2 Å². The third-order valence-electron chi connectivity index (χ3n) is 8.52. The average molecular weight is 642 g/mol. The fraction of sp³-hybridized carbons (Fsp3) is 0.794. The second-order valence-electron chi connectivity index (χ2n) is 12.2. The summed E-state index contributed by atoms with van der Waals surface area (Å²) in [5.41, 5.74) is 0.685. The van der Waals surface area contributed by atoms with Crippen LogP contribution in [0.4, 0.5) is 0 Å². The maximum Gasteiger partial charge on any atom is 0.224 e. The first-order chi connectivity index (χ1) is 21.7. The van der Waals surface area contributed by atoms with E-state index in [-0.39, 0.29) is 18.9 Å². The maximum atomic E-state index is 13.0. The van der Waals surface area contributed by atoms with Crippen molar-refractivity contribution in [1.29, 1.82) is 0 Å². The van der Waals surface area contributed by atoms with Crippen LogP contribution in [0.5, 0.6) is 11.5 Å². The molecule has 0 radical (unpaired) electrons. The van der Waals surface area contributed by atoms with Gasteiger partial charge in [-0.1, -0.05) is 96.5 Å². The maximum absolute atomic E-state index is 13.0. The molecule has 1 amide bonds. The Morgan fingerprint density at radius 3 is 1.98 bits per heavy atom. The van der Waals surface area contributed by atoms with Gasteiger partial charge in [0.2, 0.25) is 5.91 Å². The normalized spacial score (nSPS) is 23.0. The van der Waals surface area contributed by atoms with Gasteiger partial charge in [0.1, 0.15) is 24.4 Å². The first-order valence-corrected chi connectivity index (χ1v) is 16.9. The molecule has 1 fully saturated rings. The lowest BCUT2D eigenvalue weighted by Gasteiger charge is -2.40. The van der Waals surface area contributed by atoms with Crippen molar-refractivity contribution < 1.29 is 49.3 Å². The highest BCUT2D eigenvalue weighted by Crippen LogP contribution is 2.28. The quantitative estimate of drug-likeness (QED) is 0.0921. The van der Waals surface area contributed by atoms with Crippen molar-refractivity contribution in [3.8, 4) is 11.5 Å². The van der Waals surface area contributed by atoms with Crippen molar-refractivity contribution in [1.82, 2.24) is 5.32 Å². The van der Waals surface area contributed by atoms with Gasteiger partial charge in [0.25, 0.3) is 0 Å². The molecule has 0 spiro atoms. The van der Waals surface area contributed by atoms with Crippen LogP contribution in [0.2, 0.25) is 0 Å². The number of amides is 1. The first kappa shape index (κ1) is 39.2. The molecule has 1 heterocycles. The summed E-state index contributed by atoms with van der Waals surface area (Å²) in [6.45, 7) is 1.43. The third kappa shape index (κ3) is 14.1. The van der Waals surface area contributed by atoms with Gasteiger partial charge in [-0.05, 0) is 24.1 Å². The molecule has 1 aromatic rings. The molecular formula is C34H59NO10. The lowest BCUT2D eigenvalue weighted by Crippen LogP contribution is -2.60. The Labute approximate surface area is 269 Å². The van der Waals surface area contributed by atoms with Crippen molar-refractivity contribution >= 4 is 5.91 Å². The van der Waals surface area contributed by atoms with Gasteiger partial charge in [-0.15, -0.1) is 0 Å². The molecule has 0 bridgehead atoms. The zero-order valence-electron chi connectivity index (χ0n) is 27.6. The smallest absolute Gasteiger partial charge is 0.224 e. The van der Waals surface area contributed by atoms with E-state index in [1.165, 1.54) is 72.0 Å². The number of benzene rings is 1. The molecular weight excluding hydrogens is 582 g/mol. The van der Waals surface area contributed by atoms with Crippen LogP contribution in [-0.2, 0) is 20.7 Å². The number of nitrogens with one attached hydrogen (secondary N) is 1. The third-order valence-corrected chi connectivity index (χ3v) is 8.52. The predicted molar refractivity (Wildman–Crippen MR) is 171 cm³/mol. The van der Waals surface area contributed by atoms with Crippen LogP contribution < -0.4 is 14.8 Å². The summed E-state index contributed by atoms with van der Waals surface area (Å²) in [4.78, 5) is 13.0. The van der Waals surface area contributed by atoms with Crippen LogP contribution in [0.3, 0.4) is 0 Å². The Bertz CT molecular complexity index is 932. The number of methoxy groups -OCH3 is 2. The molecule has 1 aliphatic rings. The average Bonchev–Trinajstić information content (AvgIpc) is 3.04. The minimum atomic E-state index is -1.59. The van der Waals surface area contributed by atoms with Crippen LogP contribution >= 0.6 is 0 Å². The summed E-state index contributed by atoms with van der Waals surface area (Å²) in [6.07, 6.45) is 8.11. The second-order valence-corrected chi connectivity index (χ2v) is 12.2. The predicted octanol–water partition coefficient (Wildman–Crippen LogP) is 3.39. The van der Waals surface area contributed by atoms with Crippen molar-refractivity contribution in [3.63, 3.8) is 0 Å². The molecule has 0 aliphatic carbocycles. The van der Waals surface area contributed by atoms with Gasteiger partial charge in [0.05, 0.1) is 46.0 Å². The van der Waals surface area contributed by atoms with Gasteiger partial charge in [0.15, 0.2) is 17.8 Å². The van der Waals surface area contributed by atoms with Gasteiger partial charge in [0, 0.05) is 0 Å². The van der Waals surface area contributed by atoms with E-state index in [0.29, 0.717) is 23.5 Å². The summed E-state index contributed by atoms with van der Waals surface area (Å²) >= 11 is 0. The number of rotatable bonds is 24. The van der Waals surface area contributed by atoms with E-state index in [0.717, 1.165) is 25.7 Å². The molecule has 1 saturated heterocycles. The fourth-order valence-electron chi connectivity index (χ4n) is 5.66. The molecule has 260 valence electrons. The van der Waals surface area contributed by atoms with E-state index in [4.69, 9.17) is 18.9 Å². The van der Waals surface area contributed by atoms with E-state index >= 15 is 0 Å². The van der Waals surface area contributed by atoms with Crippen LogP contribution in [0, 0.1) is 0 Å². The molecule has 2 rings (SSSR count). The van der Waals surface area contributed by atoms with E-state index in [9.17, 15) is 30.3 Å². The van der Waals surface area contributed by atoms with Crippen molar-refractivity contribution in [2.24, 2.45) is 0 Å². The van der Waals surface area contributed by atoms with Crippen LogP contribution in [0.1, 0.15) is 102 Å². The minimum Gasteiger partial charge on any atom is -0.493 e. The Balaban J connectivity index is 1.87. The topological polar surface area (TPSA) is 167 Å². The van der Waals surface area contributed by atoms with Crippen molar-refractivity contribution in [2.45, 2.75) is 146 Å². The monoisotopic (exact) mass is 641 g/mol. The Kier molecular flexibility index (Phi) is 19.6. The summed E-state index contributed by atoms with van der Waals surface area (Å²) in [5, 5.41) is 53.9. The number of carbonyl (C=O) groups excluding carboxylic acids is 1. The molecule has 6 N–H and O–H groups in total. The molecule has 1 aliphatic heterocycles. The highest BCUT2D eigenvalue weighted by atomic mass is 16.7. The number of aliphatic hydroxyl groups is 5. The number of aliphatic hydroxyl groups excluding tert-OH is 5. The molecule has 0 aromatic heterocycles. The first-order valence-electron chi connectivity index (χ1n) is 16.9. The van der Waals surface area contributed by atoms with Crippen LogP contribution in [-0.4, -0.2) is 102 Å². The Hall–Kier alpha value is -1.99. The highest BCUT2D eigenvalue weighted by molar-refractivity contribution is 5.79. The zero-order valence-corrected chi connectivity index (χ0v) is 27.6. The largest absolute Gasteiger partial charge is 0.493 e. The number of hydrogen-bond donors (Lipinski definition) is 6. The summed E-state index contributed by atoms with van der Waals surface area (Å²) in [6, 6.07) is 4.35. The lowest BCUT2D eigenvalue weighted by atomic mass is 9.99. The van der Waals surface area contributed by atoms with Gasteiger partial charge in [-0.2, -0.15) is 0 Å². The van der Waals surface area contributed by atoms with Gasteiger partial charge < -0.3 is 49.8 Å². The van der Waals surface area contributed by atoms with E-state index in [1.807, 2.05) is 0 Å². The van der Waals surface area contributed by atoms with Gasteiger partial charge in [-0.3, -0.25) is 4.79 Å². The SMILES string of the molecule is CCCCCCCCCCCCCCC[C@@H](O)[C@H](COC1OC(CO)C(O)C(O)C1O)NC(=O)Cc1ccc(OC)c(OC)c1. The van der Waals surface area contributed by atoms with Crippen molar-refractivity contribution in [3.05, 3.63) is 23.8 Å². The summed E-state index contributed by atoms with van der Waals surface area (Å²) < 4.78 is 21.7. The van der Waals surface area contributed by atoms with E-state index < -0.39 is 49.5 Å². The minimum absolute atomic E-state index is 0.0162. The molecule has 5 unspecified atom stereocenters. The van der Waals surface area contributed by atoms with Crippen LogP contribution in [0.25, 0.3) is 0 Å². The molecule has 7 atom stereocenters. The zero-order chi connectivity index (χ0) is 33.0. The molecule has 11 heteroatoms. The van der Waals surface area contributed by atoms with Crippen LogP contribution in [0.15, 0.2) is 18.2 Å². The summed E-state index contributed by atoms with van der Waals surface area (Å²) in [5.74, 6) is 0.683. The number of hydrogen-bond acceptors (Lipinski definition) is 10. The highest BCUT2D eigenvalue weighted by Gasteiger charge is 2.44. The molecule has 45 heavy (non-hydrogen) atoms.